The molecule has 2 aromatic heterocycles. The Morgan fingerprint density at radius 2 is 1.87 bits per heavy atom. The third-order valence-electron chi connectivity index (χ3n) is 4.60. The van der Waals surface area contributed by atoms with E-state index < -0.39 is 0 Å². The number of pyridine rings is 1. The lowest BCUT2D eigenvalue weighted by Crippen LogP contribution is -2.12. The van der Waals surface area contributed by atoms with E-state index in [2.05, 4.69) is 27.1 Å². The summed E-state index contributed by atoms with van der Waals surface area (Å²) in [6.45, 7) is 2.04. The molecule has 2 aromatic carbocycles. The summed E-state index contributed by atoms with van der Waals surface area (Å²) in [7, 11) is 0. The van der Waals surface area contributed by atoms with Crippen molar-refractivity contribution in [3.8, 4) is 23.2 Å². The van der Waals surface area contributed by atoms with E-state index in [0.29, 0.717) is 29.5 Å². The van der Waals surface area contributed by atoms with E-state index in [9.17, 15) is 4.79 Å². The van der Waals surface area contributed by atoms with Crippen LogP contribution >= 0.6 is 0 Å². The minimum Gasteiger partial charge on any atom is -0.441 e. The van der Waals surface area contributed by atoms with Crippen molar-refractivity contribution < 1.29 is 9.21 Å². The first-order valence-corrected chi connectivity index (χ1v) is 10.0. The summed E-state index contributed by atoms with van der Waals surface area (Å²) in [5.41, 5.74) is 4.36. The van der Waals surface area contributed by atoms with Gasteiger partial charge in [0.2, 0.25) is 5.91 Å². The highest BCUT2D eigenvalue weighted by Gasteiger charge is 2.09. The fraction of sp³-hybridized carbons (Fsp3) is 0.115. The molecule has 1 N–H and O–H groups in total. The second-order valence-corrected chi connectivity index (χ2v) is 7.08. The monoisotopic (exact) mass is 407 g/mol. The normalized spacial score (nSPS) is 10.2. The third-order valence-corrected chi connectivity index (χ3v) is 4.60. The molecule has 4 rings (SSSR count). The Kier molecular flexibility index (Phi) is 6.20. The number of rotatable bonds is 5. The number of carbonyl (C=O) groups excluding carboxylic acids is 1. The highest BCUT2D eigenvalue weighted by Crippen LogP contribution is 2.21. The summed E-state index contributed by atoms with van der Waals surface area (Å²) >= 11 is 0. The van der Waals surface area contributed by atoms with Gasteiger partial charge in [-0.1, -0.05) is 47.9 Å². The molecule has 5 heteroatoms. The molecule has 0 atom stereocenters. The van der Waals surface area contributed by atoms with E-state index in [4.69, 9.17) is 4.42 Å². The van der Waals surface area contributed by atoms with Crippen LogP contribution in [0.1, 0.15) is 29.1 Å². The van der Waals surface area contributed by atoms with Gasteiger partial charge in [-0.2, -0.15) is 0 Å². The summed E-state index contributed by atoms with van der Waals surface area (Å²) in [6, 6.07) is 21.1. The minimum absolute atomic E-state index is 0.107. The Hall–Kier alpha value is -4.17. The molecule has 0 saturated heterocycles. The van der Waals surface area contributed by atoms with Crippen LogP contribution < -0.4 is 5.32 Å². The van der Waals surface area contributed by atoms with Crippen LogP contribution in [-0.4, -0.2) is 15.9 Å². The van der Waals surface area contributed by atoms with Gasteiger partial charge in [0.1, 0.15) is 5.69 Å². The second-order valence-electron chi connectivity index (χ2n) is 7.08. The van der Waals surface area contributed by atoms with E-state index in [1.54, 1.807) is 12.4 Å². The van der Waals surface area contributed by atoms with Crippen molar-refractivity contribution in [1.29, 1.82) is 0 Å². The van der Waals surface area contributed by atoms with Crippen molar-refractivity contribution in [2.75, 3.05) is 5.32 Å². The Labute approximate surface area is 181 Å². The molecular weight excluding hydrogens is 386 g/mol. The fourth-order valence-corrected chi connectivity index (χ4v) is 2.97. The van der Waals surface area contributed by atoms with Gasteiger partial charge in [-0.15, -0.1) is 0 Å². The van der Waals surface area contributed by atoms with E-state index in [1.807, 2.05) is 73.7 Å². The molecule has 2 heterocycles. The summed E-state index contributed by atoms with van der Waals surface area (Å²) in [4.78, 5) is 20.8. The van der Waals surface area contributed by atoms with Gasteiger partial charge in [0.15, 0.2) is 11.7 Å². The lowest BCUT2D eigenvalue weighted by atomic mass is 10.1. The first kappa shape index (κ1) is 20.1. The van der Waals surface area contributed by atoms with Crippen molar-refractivity contribution >= 4 is 11.6 Å². The van der Waals surface area contributed by atoms with Gasteiger partial charge >= 0.3 is 0 Å². The van der Waals surface area contributed by atoms with E-state index in [0.717, 1.165) is 11.1 Å². The van der Waals surface area contributed by atoms with Crippen molar-refractivity contribution in [3.05, 3.63) is 102 Å². The van der Waals surface area contributed by atoms with E-state index in [-0.39, 0.29) is 12.3 Å². The highest BCUT2D eigenvalue weighted by atomic mass is 16.4. The van der Waals surface area contributed by atoms with Crippen LogP contribution in [0.2, 0.25) is 0 Å². The molecule has 5 nitrogen and oxygen atoms in total. The average Bonchev–Trinajstić information content (AvgIpc) is 3.27. The molecule has 4 aromatic rings. The smallest absolute Gasteiger partial charge is 0.224 e. The number of nitrogens with zero attached hydrogens (tertiary/aromatic N) is 2. The summed E-state index contributed by atoms with van der Waals surface area (Å²) in [6.07, 6.45) is 4.11. The maximum absolute atomic E-state index is 12.4. The Morgan fingerprint density at radius 1 is 1.00 bits per heavy atom. The van der Waals surface area contributed by atoms with Gasteiger partial charge in [-0.05, 0) is 43.2 Å². The Bertz CT molecular complexity index is 1230. The van der Waals surface area contributed by atoms with E-state index in [1.165, 1.54) is 5.56 Å². The van der Waals surface area contributed by atoms with Gasteiger partial charge < -0.3 is 9.73 Å². The largest absolute Gasteiger partial charge is 0.441 e. The predicted molar refractivity (Wildman–Crippen MR) is 120 cm³/mol. The van der Waals surface area contributed by atoms with Gasteiger partial charge in [0, 0.05) is 35.9 Å². The number of anilines is 1. The number of benzene rings is 2. The minimum atomic E-state index is -0.107. The molecule has 0 fully saturated rings. The van der Waals surface area contributed by atoms with Crippen LogP contribution in [0.15, 0.2) is 83.5 Å². The van der Waals surface area contributed by atoms with Crippen LogP contribution in [0.25, 0.3) is 11.3 Å². The molecule has 0 unspecified atom stereocenters. The molecule has 0 radical (unpaired) electrons. The van der Waals surface area contributed by atoms with Gasteiger partial charge in [-0.25, -0.2) is 9.97 Å². The zero-order valence-electron chi connectivity index (χ0n) is 17.1. The van der Waals surface area contributed by atoms with Crippen molar-refractivity contribution in [2.24, 2.45) is 0 Å². The maximum Gasteiger partial charge on any atom is 0.224 e. The second kappa shape index (κ2) is 9.55. The summed E-state index contributed by atoms with van der Waals surface area (Å²) in [5, 5.41) is 2.90. The molecule has 31 heavy (non-hydrogen) atoms. The standard InChI is InChI=1S/C26H21N3O2/c1-19-8-11-21(12-9-19)24-18-28-26(31-24)15-14-25(30)29-23-7-4-5-20(17-23)10-13-22-6-2-3-16-27-22/h2-9,11-12,16-18H,14-15H2,1H3,(H,29,30). The predicted octanol–water partition coefficient (Wildman–Crippen LogP) is 5.02. The van der Waals surface area contributed by atoms with Crippen molar-refractivity contribution in [1.82, 2.24) is 9.97 Å². The zero-order valence-corrected chi connectivity index (χ0v) is 17.1. The Morgan fingerprint density at radius 3 is 2.68 bits per heavy atom. The summed E-state index contributed by atoms with van der Waals surface area (Å²) < 4.78 is 5.79. The molecule has 0 aliphatic heterocycles. The van der Waals surface area contributed by atoms with Gasteiger partial charge in [-0.3, -0.25) is 4.79 Å². The lowest BCUT2D eigenvalue weighted by molar-refractivity contribution is -0.116. The maximum atomic E-state index is 12.4. The lowest BCUT2D eigenvalue weighted by Gasteiger charge is -2.04. The number of hydrogen-bond donors (Lipinski definition) is 1. The Balaban J connectivity index is 1.33. The number of hydrogen-bond acceptors (Lipinski definition) is 4. The first-order valence-electron chi connectivity index (χ1n) is 10.0. The third kappa shape index (κ3) is 5.68. The van der Waals surface area contributed by atoms with Crippen LogP contribution in [0.5, 0.6) is 0 Å². The van der Waals surface area contributed by atoms with Gasteiger partial charge in [0.05, 0.1) is 6.20 Å². The molecule has 1 amide bonds. The molecule has 0 aliphatic carbocycles. The number of aromatic nitrogens is 2. The molecular formula is C26H21N3O2. The average molecular weight is 407 g/mol. The molecule has 0 spiro atoms. The summed E-state index contributed by atoms with van der Waals surface area (Å²) in [5.74, 6) is 7.22. The zero-order chi connectivity index (χ0) is 21.5. The number of nitrogens with one attached hydrogen (secondary N) is 1. The molecule has 0 bridgehead atoms. The van der Waals surface area contributed by atoms with E-state index >= 15 is 0 Å². The quantitative estimate of drug-likeness (QED) is 0.472. The number of amides is 1. The highest BCUT2D eigenvalue weighted by molar-refractivity contribution is 5.91. The molecule has 0 aliphatic rings. The molecule has 0 saturated carbocycles. The number of oxazole rings is 1. The van der Waals surface area contributed by atoms with Crippen LogP contribution in [-0.2, 0) is 11.2 Å². The van der Waals surface area contributed by atoms with Crippen molar-refractivity contribution in [3.63, 3.8) is 0 Å². The fourth-order valence-electron chi connectivity index (χ4n) is 2.97. The topological polar surface area (TPSA) is 68.0 Å². The first-order chi connectivity index (χ1) is 15.2. The SMILES string of the molecule is Cc1ccc(-c2cnc(CCC(=O)Nc3cccc(C#Cc4ccccn4)c3)o2)cc1. The molecule has 152 valence electrons. The van der Waals surface area contributed by atoms with Gasteiger partial charge in [0.25, 0.3) is 0 Å². The van der Waals surface area contributed by atoms with Crippen LogP contribution in [0.3, 0.4) is 0 Å². The van der Waals surface area contributed by atoms with Crippen molar-refractivity contribution in [2.45, 2.75) is 19.8 Å². The van der Waals surface area contributed by atoms with Crippen LogP contribution in [0.4, 0.5) is 5.69 Å². The number of carbonyl (C=O) groups is 1. The van der Waals surface area contributed by atoms with Crippen LogP contribution in [0, 0.1) is 18.8 Å². The number of aryl methyl sites for hydroxylation is 2.